The topological polar surface area (TPSA) is 40.5 Å². The molecular weight excluding hydrogens is 246 g/mol. The van der Waals surface area contributed by atoms with Crippen molar-refractivity contribution < 1.29 is 9.90 Å². The zero-order valence-electron chi connectivity index (χ0n) is 8.41. The van der Waals surface area contributed by atoms with Gasteiger partial charge in [-0.25, -0.2) is 0 Å². The number of unbranched alkanes of at least 4 members (excludes halogenated alkanes) is 2. The molecule has 1 atom stereocenters. The number of nitrogens with zero attached hydrogens (tertiary/aromatic N) is 1. The number of likely N-dealkylation sites (tertiary alicyclic amines) is 1. The summed E-state index contributed by atoms with van der Waals surface area (Å²) in [6.45, 7) is 2.03. The standard InChI is InChI=1S/C10H18BrNO2/c11-7-9-6-10(14)12(8-9)4-2-1-3-5-13/h9,13H,1-8H2. The van der Waals surface area contributed by atoms with Crippen molar-refractivity contribution in [3.05, 3.63) is 0 Å². The summed E-state index contributed by atoms with van der Waals surface area (Å²) in [5.41, 5.74) is 0. The molecule has 0 radical (unpaired) electrons. The van der Waals surface area contributed by atoms with Gasteiger partial charge in [0.15, 0.2) is 0 Å². The Morgan fingerprint density at radius 2 is 2.21 bits per heavy atom. The zero-order valence-corrected chi connectivity index (χ0v) is 10.0. The van der Waals surface area contributed by atoms with Gasteiger partial charge in [0.05, 0.1) is 0 Å². The van der Waals surface area contributed by atoms with Gasteiger partial charge < -0.3 is 10.0 Å². The molecule has 82 valence electrons. The molecule has 1 N–H and O–H groups in total. The summed E-state index contributed by atoms with van der Waals surface area (Å²) in [6.07, 6.45) is 3.58. The second kappa shape index (κ2) is 6.40. The molecule has 1 rings (SSSR count). The first-order valence-corrected chi connectivity index (χ1v) is 6.34. The molecule has 1 aliphatic heterocycles. The van der Waals surface area contributed by atoms with Gasteiger partial charge in [-0.2, -0.15) is 0 Å². The Morgan fingerprint density at radius 3 is 2.79 bits per heavy atom. The molecule has 1 aliphatic rings. The molecule has 0 aromatic heterocycles. The van der Waals surface area contributed by atoms with Gasteiger partial charge in [-0.15, -0.1) is 0 Å². The second-order valence-electron chi connectivity index (χ2n) is 3.85. The zero-order chi connectivity index (χ0) is 10.4. The molecule has 1 unspecified atom stereocenters. The lowest BCUT2D eigenvalue weighted by atomic mass is 10.2. The number of hydrogen-bond donors (Lipinski definition) is 1. The van der Waals surface area contributed by atoms with Crippen LogP contribution in [0.1, 0.15) is 25.7 Å². The molecule has 1 heterocycles. The van der Waals surface area contributed by atoms with E-state index < -0.39 is 0 Å². The maximum atomic E-state index is 11.5. The van der Waals surface area contributed by atoms with Crippen LogP contribution in [0, 0.1) is 5.92 Å². The van der Waals surface area contributed by atoms with Gasteiger partial charge in [-0.3, -0.25) is 4.79 Å². The average molecular weight is 264 g/mol. The fourth-order valence-electron chi connectivity index (χ4n) is 1.76. The summed E-state index contributed by atoms with van der Waals surface area (Å²) in [5, 5.41) is 9.53. The highest BCUT2D eigenvalue weighted by Gasteiger charge is 2.27. The van der Waals surface area contributed by atoms with Crippen LogP contribution >= 0.6 is 15.9 Å². The summed E-state index contributed by atoms with van der Waals surface area (Å²) in [7, 11) is 0. The van der Waals surface area contributed by atoms with E-state index in [1.165, 1.54) is 0 Å². The van der Waals surface area contributed by atoms with E-state index in [4.69, 9.17) is 5.11 Å². The van der Waals surface area contributed by atoms with Crippen LogP contribution in [0.15, 0.2) is 0 Å². The van der Waals surface area contributed by atoms with Gasteiger partial charge in [-0.05, 0) is 25.2 Å². The van der Waals surface area contributed by atoms with E-state index in [1.807, 2.05) is 4.90 Å². The number of carbonyl (C=O) groups is 1. The van der Waals surface area contributed by atoms with Crippen molar-refractivity contribution >= 4 is 21.8 Å². The SMILES string of the molecule is O=C1CC(CBr)CN1CCCCCO. The molecule has 0 spiro atoms. The minimum atomic E-state index is 0.262. The number of amides is 1. The van der Waals surface area contributed by atoms with Crippen molar-refractivity contribution in [2.45, 2.75) is 25.7 Å². The highest BCUT2D eigenvalue weighted by molar-refractivity contribution is 9.09. The lowest BCUT2D eigenvalue weighted by Gasteiger charge is -2.15. The quantitative estimate of drug-likeness (QED) is 0.582. The van der Waals surface area contributed by atoms with Crippen LogP contribution < -0.4 is 0 Å². The van der Waals surface area contributed by atoms with Gasteiger partial charge in [0.1, 0.15) is 0 Å². The van der Waals surface area contributed by atoms with Gasteiger partial charge in [-0.1, -0.05) is 15.9 Å². The van der Waals surface area contributed by atoms with Crippen LogP contribution in [0.5, 0.6) is 0 Å². The Balaban J connectivity index is 2.15. The summed E-state index contributed by atoms with van der Waals surface area (Å²) >= 11 is 3.41. The summed E-state index contributed by atoms with van der Waals surface area (Å²) in [6, 6.07) is 0. The van der Waals surface area contributed by atoms with Crippen molar-refractivity contribution in [1.29, 1.82) is 0 Å². The van der Waals surface area contributed by atoms with Gasteiger partial charge >= 0.3 is 0 Å². The minimum Gasteiger partial charge on any atom is -0.396 e. The number of hydrogen-bond acceptors (Lipinski definition) is 2. The molecule has 3 nitrogen and oxygen atoms in total. The van der Waals surface area contributed by atoms with Crippen molar-refractivity contribution in [1.82, 2.24) is 4.90 Å². The summed E-state index contributed by atoms with van der Waals surface area (Å²) in [5.74, 6) is 0.791. The molecule has 4 heteroatoms. The maximum Gasteiger partial charge on any atom is 0.222 e. The summed E-state index contributed by atoms with van der Waals surface area (Å²) < 4.78 is 0. The molecule has 0 aromatic rings. The predicted octanol–water partition coefficient (Wildman–Crippen LogP) is 1.39. The monoisotopic (exact) mass is 263 g/mol. The summed E-state index contributed by atoms with van der Waals surface area (Å²) in [4.78, 5) is 13.4. The van der Waals surface area contributed by atoms with E-state index in [2.05, 4.69) is 15.9 Å². The van der Waals surface area contributed by atoms with Crippen LogP contribution in [0.2, 0.25) is 0 Å². The van der Waals surface area contributed by atoms with Crippen molar-refractivity contribution in [2.24, 2.45) is 5.92 Å². The lowest BCUT2D eigenvalue weighted by molar-refractivity contribution is -0.127. The third-order valence-electron chi connectivity index (χ3n) is 2.60. The third kappa shape index (κ3) is 3.58. The molecular formula is C10H18BrNO2. The van der Waals surface area contributed by atoms with Gasteiger partial charge in [0.25, 0.3) is 0 Å². The predicted molar refractivity (Wildman–Crippen MR) is 59.4 cm³/mol. The second-order valence-corrected chi connectivity index (χ2v) is 4.50. The van der Waals surface area contributed by atoms with E-state index >= 15 is 0 Å². The first-order chi connectivity index (χ1) is 6.77. The Labute approximate surface area is 93.6 Å². The Morgan fingerprint density at radius 1 is 1.43 bits per heavy atom. The Bertz CT molecular complexity index is 187. The first kappa shape index (κ1) is 12.0. The molecule has 0 saturated carbocycles. The Hall–Kier alpha value is -0.0900. The minimum absolute atomic E-state index is 0.262. The van der Waals surface area contributed by atoms with Crippen molar-refractivity contribution in [3.63, 3.8) is 0 Å². The van der Waals surface area contributed by atoms with E-state index in [0.29, 0.717) is 18.2 Å². The molecule has 1 fully saturated rings. The highest BCUT2D eigenvalue weighted by atomic mass is 79.9. The number of rotatable bonds is 6. The average Bonchev–Trinajstić information content (AvgIpc) is 2.54. The number of halogens is 1. The largest absolute Gasteiger partial charge is 0.396 e. The van der Waals surface area contributed by atoms with E-state index in [1.54, 1.807) is 0 Å². The van der Waals surface area contributed by atoms with Crippen LogP contribution in [-0.2, 0) is 4.79 Å². The fraction of sp³-hybridized carbons (Fsp3) is 0.900. The van der Waals surface area contributed by atoms with Crippen molar-refractivity contribution in [2.75, 3.05) is 25.0 Å². The Kier molecular flexibility index (Phi) is 5.48. The first-order valence-electron chi connectivity index (χ1n) is 5.22. The van der Waals surface area contributed by atoms with Crippen LogP contribution in [0.25, 0.3) is 0 Å². The molecule has 14 heavy (non-hydrogen) atoms. The van der Waals surface area contributed by atoms with Gasteiger partial charge in [0.2, 0.25) is 5.91 Å². The van der Waals surface area contributed by atoms with E-state index in [0.717, 1.165) is 37.7 Å². The van der Waals surface area contributed by atoms with E-state index in [-0.39, 0.29) is 6.61 Å². The van der Waals surface area contributed by atoms with E-state index in [9.17, 15) is 4.79 Å². The number of alkyl halides is 1. The molecule has 0 aliphatic carbocycles. The number of aliphatic hydroxyl groups is 1. The smallest absolute Gasteiger partial charge is 0.222 e. The fourth-order valence-corrected chi connectivity index (χ4v) is 2.20. The van der Waals surface area contributed by atoms with Gasteiger partial charge in [0, 0.05) is 31.4 Å². The van der Waals surface area contributed by atoms with Crippen molar-refractivity contribution in [3.8, 4) is 0 Å². The normalized spacial score (nSPS) is 22.0. The number of carbonyl (C=O) groups excluding carboxylic acids is 1. The lowest BCUT2D eigenvalue weighted by Crippen LogP contribution is -2.26. The molecule has 1 saturated heterocycles. The highest BCUT2D eigenvalue weighted by Crippen LogP contribution is 2.19. The van der Waals surface area contributed by atoms with Crippen LogP contribution in [0.3, 0.4) is 0 Å². The van der Waals surface area contributed by atoms with Crippen LogP contribution in [0.4, 0.5) is 0 Å². The maximum absolute atomic E-state index is 11.5. The van der Waals surface area contributed by atoms with Crippen LogP contribution in [-0.4, -0.2) is 40.9 Å². The third-order valence-corrected chi connectivity index (χ3v) is 3.51. The molecule has 1 amide bonds. The molecule has 0 bridgehead atoms. The number of aliphatic hydroxyl groups excluding tert-OH is 1. The molecule has 0 aromatic carbocycles.